The highest BCUT2D eigenvalue weighted by Crippen LogP contribution is 2.28. The third-order valence-corrected chi connectivity index (χ3v) is 3.98. The van der Waals surface area contributed by atoms with E-state index in [0.29, 0.717) is 0 Å². The summed E-state index contributed by atoms with van der Waals surface area (Å²) in [7, 11) is 0. The van der Waals surface area contributed by atoms with E-state index >= 15 is 0 Å². The van der Waals surface area contributed by atoms with E-state index in [9.17, 15) is 0 Å². The van der Waals surface area contributed by atoms with Crippen LogP contribution in [0.1, 0.15) is 51.0 Å². The molecular formula is C18H26N2. The summed E-state index contributed by atoms with van der Waals surface area (Å²) in [4.78, 5) is 0. The Morgan fingerprint density at radius 1 is 0.850 bits per heavy atom. The van der Waals surface area contributed by atoms with Crippen molar-refractivity contribution in [2.24, 2.45) is 0 Å². The minimum absolute atomic E-state index is 0.779. The van der Waals surface area contributed by atoms with Crippen molar-refractivity contribution in [3.63, 3.8) is 0 Å². The lowest BCUT2D eigenvalue weighted by molar-refractivity contribution is 0.608. The summed E-state index contributed by atoms with van der Waals surface area (Å²) in [6, 6.07) is 10.3. The molecule has 0 aliphatic heterocycles. The molecule has 0 aliphatic rings. The van der Waals surface area contributed by atoms with Gasteiger partial charge in [-0.25, -0.2) is 0 Å². The van der Waals surface area contributed by atoms with Crippen molar-refractivity contribution < 1.29 is 0 Å². The van der Waals surface area contributed by atoms with E-state index in [-0.39, 0.29) is 0 Å². The Morgan fingerprint density at radius 2 is 1.55 bits per heavy atom. The zero-order chi connectivity index (χ0) is 14.4. The van der Waals surface area contributed by atoms with E-state index in [1.54, 1.807) is 0 Å². The molecule has 0 aromatic heterocycles. The molecule has 0 saturated carbocycles. The van der Waals surface area contributed by atoms with Gasteiger partial charge < -0.3 is 11.5 Å². The van der Waals surface area contributed by atoms with Gasteiger partial charge in [-0.1, -0.05) is 57.2 Å². The molecule has 0 amide bonds. The van der Waals surface area contributed by atoms with Gasteiger partial charge in [0.05, 0.1) is 0 Å². The van der Waals surface area contributed by atoms with Crippen molar-refractivity contribution in [1.82, 2.24) is 0 Å². The van der Waals surface area contributed by atoms with E-state index in [1.807, 2.05) is 18.2 Å². The van der Waals surface area contributed by atoms with Crippen LogP contribution in [0.4, 0.5) is 11.4 Å². The highest BCUT2D eigenvalue weighted by atomic mass is 14.6. The van der Waals surface area contributed by atoms with E-state index in [4.69, 9.17) is 11.5 Å². The van der Waals surface area contributed by atoms with Crippen LogP contribution in [0.25, 0.3) is 10.8 Å². The number of nitrogen functional groups attached to an aromatic ring is 2. The lowest BCUT2D eigenvalue weighted by Gasteiger charge is -2.10. The van der Waals surface area contributed by atoms with Gasteiger partial charge in [-0.2, -0.15) is 0 Å². The molecule has 2 nitrogen and oxygen atoms in total. The largest absolute Gasteiger partial charge is 0.399 e. The van der Waals surface area contributed by atoms with Crippen molar-refractivity contribution in [3.8, 4) is 0 Å². The molecule has 2 rings (SSSR count). The maximum atomic E-state index is 6.29. The number of aryl methyl sites for hydroxylation is 1. The number of hydrogen-bond donors (Lipinski definition) is 2. The second-order valence-electron chi connectivity index (χ2n) is 5.64. The fraction of sp³-hybridized carbons (Fsp3) is 0.444. The maximum Gasteiger partial charge on any atom is 0.0427 e. The van der Waals surface area contributed by atoms with Gasteiger partial charge in [0, 0.05) is 16.8 Å². The monoisotopic (exact) mass is 270 g/mol. The van der Waals surface area contributed by atoms with Gasteiger partial charge in [0.15, 0.2) is 0 Å². The van der Waals surface area contributed by atoms with Crippen LogP contribution in [0.2, 0.25) is 0 Å². The van der Waals surface area contributed by atoms with Gasteiger partial charge in [-0.3, -0.25) is 0 Å². The van der Waals surface area contributed by atoms with Crippen LogP contribution in [0, 0.1) is 0 Å². The quantitative estimate of drug-likeness (QED) is 0.555. The molecule has 0 aliphatic carbocycles. The molecule has 4 N–H and O–H groups in total. The Balaban J connectivity index is 1.98. The van der Waals surface area contributed by atoms with Gasteiger partial charge in [0.25, 0.3) is 0 Å². The summed E-state index contributed by atoms with van der Waals surface area (Å²) in [5, 5.41) is 2.26. The lowest BCUT2D eigenvalue weighted by Crippen LogP contribution is -1.97. The average Bonchev–Trinajstić information content (AvgIpc) is 2.45. The predicted octanol–water partition coefficient (Wildman–Crippen LogP) is 4.91. The Hall–Kier alpha value is -1.70. The van der Waals surface area contributed by atoms with Crippen molar-refractivity contribution in [2.45, 2.75) is 51.9 Å². The number of benzene rings is 2. The van der Waals surface area contributed by atoms with Crippen LogP contribution in [-0.4, -0.2) is 0 Å². The highest BCUT2D eigenvalue weighted by molar-refractivity contribution is 5.96. The number of anilines is 2. The van der Waals surface area contributed by atoms with E-state index in [1.165, 1.54) is 49.5 Å². The molecular weight excluding hydrogens is 244 g/mol. The zero-order valence-electron chi connectivity index (χ0n) is 12.5. The summed E-state index contributed by atoms with van der Waals surface area (Å²) in [5.41, 5.74) is 15.1. The Bertz CT molecular complexity index is 561. The fourth-order valence-corrected chi connectivity index (χ4v) is 2.72. The van der Waals surface area contributed by atoms with Crippen LogP contribution >= 0.6 is 0 Å². The molecule has 20 heavy (non-hydrogen) atoms. The molecule has 2 heteroatoms. The number of unbranched alkanes of at least 4 members (excludes halogenated alkanes) is 5. The molecule has 0 radical (unpaired) electrons. The summed E-state index contributed by atoms with van der Waals surface area (Å²) in [6.07, 6.45) is 8.96. The van der Waals surface area contributed by atoms with E-state index in [0.717, 1.165) is 23.2 Å². The molecule has 0 bridgehead atoms. The number of hydrogen-bond acceptors (Lipinski definition) is 2. The summed E-state index contributed by atoms with van der Waals surface area (Å²) in [6.45, 7) is 2.25. The molecule has 0 spiro atoms. The predicted molar refractivity (Wildman–Crippen MR) is 89.9 cm³/mol. The smallest absolute Gasteiger partial charge is 0.0427 e. The standard InChI is InChI=1S/C18H26N2/c1-2-3-4-5-6-7-8-15-10-9-14-11-12-16(19)13-17(14)18(15)20/h9-13H,2-8,19-20H2,1H3. The third kappa shape index (κ3) is 3.66. The molecule has 0 heterocycles. The van der Waals surface area contributed by atoms with Gasteiger partial charge in [-0.05, 0) is 35.9 Å². The zero-order valence-corrected chi connectivity index (χ0v) is 12.5. The first kappa shape index (κ1) is 14.7. The lowest BCUT2D eigenvalue weighted by atomic mass is 9.99. The van der Waals surface area contributed by atoms with Crippen LogP contribution in [-0.2, 0) is 6.42 Å². The van der Waals surface area contributed by atoms with Crippen molar-refractivity contribution in [3.05, 3.63) is 35.9 Å². The maximum absolute atomic E-state index is 6.29. The summed E-state index contributed by atoms with van der Waals surface area (Å²) in [5.74, 6) is 0. The Kier molecular flexibility index (Phi) is 5.28. The molecule has 0 unspecified atom stereocenters. The normalized spacial score (nSPS) is 11.1. The van der Waals surface area contributed by atoms with Crippen LogP contribution in [0.15, 0.2) is 30.3 Å². The van der Waals surface area contributed by atoms with Crippen molar-refractivity contribution >= 4 is 22.1 Å². The Morgan fingerprint density at radius 3 is 2.35 bits per heavy atom. The minimum Gasteiger partial charge on any atom is -0.399 e. The van der Waals surface area contributed by atoms with Crippen LogP contribution in [0.3, 0.4) is 0 Å². The molecule has 0 fully saturated rings. The van der Waals surface area contributed by atoms with Gasteiger partial charge >= 0.3 is 0 Å². The second-order valence-corrected chi connectivity index (χ2v) is 5.64. The summed E-state index contributed by atoms with van der Waals surface area (Å²) >= 11 is 0. The number of fused-ring (bicyclic) bond motifs is 1. The topological polar surface area (TPSA) is 52.0 Å². The second kappa shape index (κ2) is 7.18. The molecule has 0 saturated heterocycles. The van der Waals surface area contributed by atoms with E-state index in [2.05, 4.69) is 19.1 Å². The van der Waals surface area contributed by atoms with Crippen LogP contribution in [0.5, 0.6) is 0 Å². The molecule has 2 aromatic rings. The first-order valence-corrected chi connectivity index (χ1v) is 7.79. The van der Waals surface area contributed by atoms with Gasteiger partial charge in [-0.15, -0.1) is 0 Å². The van der Waals surface area contributed by atoms with Crippen molar-refractivity contribution in [2.75, 3.05) is 11.5 Å². The first-order valence-electron chi connectivity index (χ1n) is 7.79. The molecule has 0 atom stereocenters. The van der Waals surface area contributed by atoms with Crippen molar-refractivity contribution in [1.29, 1.82) is 0 Å². The molecule has 108 valence electrons. The first-order chi connectivity index (χ1) is 9.72. The van der Waals surface area contributed by atoms with Gasteiger partial charge in [0.1, 0.15) is 0 Å². The summed E-state index contributed by atoms with van der Waals surface area (Å²) < 4.78 is 0. The third-order valence-electron chi connectivity index (χ3n) is 3.98. The van der Waals surface area contributed by atoms with E-state index < -0.39 is 0 Å². The SMILES string of the molecule is CCCCCCCCc1ccc2ccc(N)cc2c1N. The number of rotatable bonds is 7. The fourth-order valence-electron chi connectivity index (χ4n) is 2.72. The average molecular weight is 270 g/mol. The highest BCUT2D eigenvalue weighted by Gasteiger charge is 2.05. The van der Waals surface area contributed by atoms with Gasteiger partial charge in [0.2, 0.25) is 0 Å². The molecule has 2 aromatic carbocycles. The minimum atomic E-state index is 0.779. The van der Waals surface area contributed by atoms with Crippen LogP contribution < -0.4 is 11.5 Å². The number of nitrogens with two attached hydrogens (primary N) is 2. The Labute approximate surface area is 122 Å².